The Hall–Kier alpha value is -1.29. The molecule has 0 radical (unpaired) electrons. The monoisotopic (exact) mass is 282 g/mol. The lowest BCUT2D eigenvalue weighted by atomic mass is 9.83. The predicted molar refractivity (Wildman–Crippen MR) is 77.8 cm³/mol. The molecule has 1 aliphatic rings. The van der Waals surface area contributed by atoms with E-state index in [1.165, 1.54) is 31.7 Å². The van der Waals surface area contributed by atoms with Crippen LogP contribution in [0.2, 0.25) is 5.02 Å². The van der Waals surface area contributed by atoms with Crippen molar-refractivity contribution in [3.05, 3.63) is 33.3 Å². The fourth-order valence-corrected chi connectivity index (χ4v) is 3.09. The third kappa shape index (κ3) is 3.38. The first-order chi connectivity index (χ1) is 9.11. The molecule has 5 heteroatoms. The molecule has 0 bridgehead atoms. The Morgan fingerprint density at radius 2 is 2.16 bits per heavy atom. The number of hydrogen-bond acceptors (Lipinski definition) is 3. The molecule has 0 aromatic heterocycles. The van der Waals surface area contributed by atoms with Gasteiger partial charge in [0.25, 0.3) is 5.69 Å². The summed E-state index contributed by atoms with van der Waals surface area (Å²) in [6, 6.07) is 5.32. The Morgan fingerprint density at radius 3 is 2.79 bits per heavy atom. The van der Waals surface area contributed by atoms with Gasteiger partial charge in [0.05, 0.1) is 4.92 Å². The van der Waals surface area contributed by atoms with Crippen LogP contribution in [-0.4, -0.2) is 11.0 Å². The standard InChI is InChI=1S/C14H19ClN2O2/c1-2-10-5-3-4-6-13(10)16-11-7-8-14(17(18)19)12(15)9-11/h7-10,13,16H,2-6H2,1H3. The second-order valence-corrected chi connectivity index (χ2v) is 5.53. The lowest BCUT2D eigenvalue weighted by molar-refractivity contribution is -0.384. The average molecular weight is 283 g/mol. The Bertz CT molecular complexity index is 465. The van der Waals surface area contributed by atoms with Gasteiger partial charge in [-0.25, -0.2) is 0 Å². The van der Waals surface area contributed by atoms with Crippen LogP contribution >= 0.6 is 11.6 Å². The smallest absolute Gasteiger partial charge is 0.288 e. The fourth-order valence-electron chi connectivity index (χ4n) is 2.85. The molecule has 1 N–H and O–H groups in total. The van der Waals surface area contributed by atoms with E-state index in [1.807, 2.05) is 0 Å². The summed E-state index contributed by atoms with van der Waals surface area (Å²) >= 11 is 5.93. The van der Waals surface area contributed by atoms with E-state index in [1.54, 1.807) is 12.1 Å². The minimum atomic E-state index is -0.457. The van der Waals surface area contributed by atoms with Gasteiger partial charge in [0.15, 0.2) is 0 Å². The number of hydrogen-bond donors (Lipinski definition) is 1. The van der Waals surface area contributed by atoms with Gasteiger partial charge in [-0.3, -0.25) is 10.1 Å². The summed E-state index contributed by atoms with van der Waals surface area (Å²) in [7, 11) is 0. The number of halogens is 1. The zero-order chi connectivity index (χ0) is 13.8. The number of nitro groups is 1. The molecule has 2 atom stereocenters. The third-order valence-corrected chi connectivity index (χ3v) is 4.23. The molecule has 2 rings (SSSR count). The number of nitro benzene ring substituents is 1. The molecule has 2 unspecified atom stereocenters. The van der Waals surface area contributed by atoms with E-state index >= 15 is 0 Å². The van der Waals surface area contributed by atoms with Crippen LogP contribution in [0.5, 0.6) is 0 Å². The maximum atomic E-state index is 10.7. The van der Waals surface area contributed by atoms with Gasteiger partial charge in [-0.1, -0.05) is 37.8 Å². The van der Waals surface area contributed by atoms with E-state index in [4.69, 9.17) is 11.6 Å². The van der Waals surface area contributed by atoms with Crippen LogP contribution in [0.1, 0.15) is 39.0 Å². The predicted octanol–water partition coefficient (Wildman–Crippen LogP) is 4.63. The SMILES string of the molecule is CCC1CCCCC1Nc1ccc([N+](=O)[O-])c(Cl)c1. The Morgan fingerprint density at radius 1 is 1.42 bits per heavy atom. The summed E-state index contributed by atoms with van der Waals surface area (Å²) in [5, 5.41) is 14.4. The lowest BCUT2D eigenvalue weighted by Gasteiger charge is -2.32. The summed E-state index contributed by atoms with van der Waals surface area (Å²) in [6.07, 6.45) is 6.13. The number of nitrogens with zero attached hydrogens (tertiary/aromatic N) is 1. The van der Waals surface area contributed by atoms with Crippen molar-refractivity contribution >= 4 is 23.0 Å². The highest BCUT2D eigenvalue weighted by atomic mass is 35.5. The topological polar surface area (TPSA) is 55.2 Å². The maximum Gasteiger partial charge on any atom is 0.288 e. The van der Waals surface area contributed by atoms with Crippen molar-refractivity contribution in [2.75, 3.05) is 5.32 Å². The van der Waals surface area contributed by atoms with Gasteiger partial charge < -0.3 is 5.32 Å². The molecule has 0 aliphatic heterocycles. The van der Waals surface area contributed by atoms with Crippen molar-refractivity contribution in [2.45, 2.75) is 45.1 Å². The molecule has 104 valence electrons. The zero-order valence-corrected chi connectivity index (χ0v) is 11.8. The van der Waals surface area contributed by atoms with Gasteiger partial charge >= 0.3 is 0 Å². The highest BCUT2D eigenvalue weighted by molar-refractivity contribution is 6.32. The van der Waals surface area contributed by atoms with Gasteiger partial charge in [0.1, 0.15) is 5.02 Å². The number of anilines is 1. The summed E-state index contributed by atoms with van der Waals surface area (Å²) in [5.74, 6) is 0.683. The molecule has 1 fully saturated rings. The molecule has 0 amide bonds. The van der Waals surface area contributed by atoms with Gasteiger partial charge in [0.2, 0.25) is 0 Å². The number of rotatable bonds is 4. The molecule has 4 nitrogen and oxygen atoms in total. The summed E-state index contributed by atoms with van der Waals surface area (Å²) < 4.78 is 0. The molecular formula is C14H19ClN2O2. The maximum absolute atomic E-state index is 10.7. The van der Waals surface area contributed by atoms with Crippen LogP contribution in [0.4, 0.5) is 11.4 Å². The normalized spacial score (nSPS) is 23.1. The van der Waals surface area contributed by atoms with Gasteiger partial charge in [-0.15, -0.1) is 0 Å². The zero-order valence-electron chi connectivity index (χ0n) is 11.1. The summed E-state index contributed by atoms with van der Waals surface area (Å²) in [5.41, 5.74) is 0.837. The highest BCUT2D eigenvalue weighted by Crippen LogP contribution is 2.32. The molecule has 0 spiro atoms. The molecule has 1 aromatic rings. The minimum absolute atomic E-state index is 0.0390. The van der Waals surface area contributed by atoms with Crippen LogP contribution in [-0.2, 0) is 0 Å². The third-order valence-electron chi connectivity index (χ3n) is 3.93. The van der Waals surface area contributed by atoms with E-state index in [0.717, 1.165) is 12.1 Å². The van der Waals surface area contributed by atoms with Crippen LogP contribution in [0.15, 0.2) is 18.2 Å². The van der Waals surface area contributed by atoms with Crippen molar-refractivity contribution in [1.29, 1.82) is 0 Å². The van der Waals surface area contributed by atoms with Crippen LogP contribution < -0.4 is 5.32 Å². The fraction of sp³-hybridized carbons (Fsp3) is 0.571. The average Bonchev–Trinajstić information content (AvgIpc) is 2.39. The first-order valence-corrected chi connectivity index (χ1v) is 7.20. The molecular weight excluding hydrogens is 264 g/mol. The highest BCUT2D eigenvalue weighted by Gasteiger charge is 2.23. The van der Waals surface area contributed by atoms with Crippen molar-refractivity contribution in [1.82, 2.24) is 0 Å². The van der Waals surface area contributed by atoms with Crippen molar-refractivity contribution in [3.8, 4) is 0 Å². The van der Waals surface area contributed by atoms with Gasteiger partial charge in [0, 0.05) is 17.8 Å². The second kappa shape index (κ2) is 6.24. The first kappa shape index (κ1) is 14.1. The second-order valence-electron chi connectivity index (χ2n) is 5.13. The Kier molecular flexibility index (Phi) is 4.64. The van der Waals surface area contributed by atoms with Crippen molar-refractivity contribution in [2.24, 2.45) is 5.92 Å². The van der Waals surface area contributed by atoms with Crippen molar-refractivity contribution < 1.29 is 4.92 Å². The summed E-state index contributed by atoms with van der Waals surface area (Å²) in [6.45, 7) is 2.22. The lowest BCUT2D eigenvalue weighted by Crippen LogP contribution is -2.31. The van der Waals surface area contributed by atoms with E-state index in [9.17, 15) is 10.1 Å². The molecule has 19 heavy (non-hydrogen) atoms. The van der Waals surface area contributed by atoms with E-state index in [-0.39, 0.29) is 10.7 Å². The van der Waals surface area contributed by atoms with Crippen LogP contribution in [0.25, 0.3) is 0 Å². The van der Waals surface area contributed by atoms with E-state index < -0.39 is 4.92 Å². The molecule has 0 saturated heterocycles. The first-order valence-electron chi connectivity index (χ1n) is 6.82. The summed E-state index contributed by atoms with van der Waals surface area (Å²) in [4.78, 5) is 10.3. The van der Waals surface area contributed by atoms with E-state index in [2.05, 4.69) is 12.2 Å². The number of nitrogens with one attached hydrogen (secondary N) is 1. The van der Waals surface area contributed by atoms with E-state index in [0.29, 0.717) is 12.0 Å². The van der Waals surface area contributed by atoms with Crippen molar-refractivity contribution in [3.63, 3.8) is 0 Å². The van der Waals surface area contributed by atoms with Crippen LogP contribution in [0.3, 0.4) is 0 Å². The largest absolute Gasteiger partial charge is 0.382 e. The van der Waals surface area contributed by atoms with Gasteiger partial charge in [-0.05, 0) is 30.9 Å². The van der Waals surface area contributed by atoms with Crippen LogP contribution in [0, 0.1) is 16.0 Å². The molecule has 0 heterocycles. The van der Waals surface area contributed by atoms with Gasteiger partial charge in [-0.2, -0.15) is 0 Å². The quantitative estimate of drug-likeness (QED) is 0.647. The minimum Gasteiger partial charge on any atom is -0.382 e. The Labute approximate surface area is 118 Å². The molecule has 1 aromatic carbocycles. The molecule has 1 saturated carbocycles. The Balaban J connectivity index is 2.10. The molecule has 1 aliphatic carbocycles. The number of benzene rings is 1.